The van der Waals surface area contributed by atoms with Gasteiger partial charge in [-0.25, -0.2) is 4.98 Å². The maximum atomic E-state index is 6.01. The van der Waals surface area contributed by atoms with E-state index in [9.17, 15) is 0 Å². The smallest absolute Gasteiger partial charge is 0.125 e. The normalized spacial score (nSPS) is 10.4. The fraction of sp³-hybridized carbons (Fsp3) is 0.100. The van der Waals surface area contributed by atoms with Crippen LogP contribution < -0.4 is 5.32 Å². The molecular formula is C10H8Cl3N3. The molecule has 0 aliphatic rings. The van der Waals surface area contributed by atoms with E-state index in [0.717, 1.165) is 5.82 Å². The van der Waals surface area contributed by atoms with Crippen molar-refractivity contribution in [1.29, 1.82) is 0 Å². The third kappa shape index (κ3) is 2.61. The van der Waals surface area contributed by atoms with Crippen molar-refractivity contribution in [3.8, 4) is 0 Å². The van der Waals surface area contributed by atoms with E-state index in [2.05, 4.69) is 15.3 Å². The molecule has 0 aliphatic heterocycles. The summed E-state index contributed by atoms with van der Waals surface area (Å²) in [6.07, 6.45) is 3.43. The number of aromatic amines is 1. The van der Waals surface area contributed by atoms with Gasteiger partial charge in [-0.2, -0.15) is 0 Å². The maximum absolute atomic E-state index is 6.01. The molecule has 2 N–H and O–H groups in total. The lowest BCUT2D eigenvalue weighted by Gasteiger charge is -2.09. The largest absolute Gasteiger partial charge is 0.375 e. The third-order valence-electron chi connectivity index (χ3n) is 1.99. The van der Waals surface area contributed by atoms with Gasteiger partial charge in [-0.15, -0.1) is 0 Å². The minimum atomic E-state index is 0.490. The molecule has 0 spiro atoms. The Morgan fingerprint density at radius 3 is 2.44 bits per heavy atom. The quantitative estimate of drug-likeness (QED) is 0.890. The Bertz CT molecular complexity index is 459. The van der Waals surface area contributed by atoms with Gasteiger partial charge in [0.1, 0.15) is 5.82 Å². The Labute approximate surface area is 108 Å². The van der Waals surface area contributed by atoms with Gasteiger partial charge >= 0.3 is 0 Å². The number of rotatable bonds is 3. The van der Waals surface area contributed by atoms with Crippen molar-refractivity contribution in [3.63, 3.8) is 0 Å². The minimum absolute atomic E-state index is 0.490. The van der Waals surface area contributed by atoms with Gasteiger partial charge in [0.25, 0.3) is 0 Å². The van der Waals surface area contributed by atoms with E-state index in [0.29, 0.717) is 27.3 Å². The average molecular weight is 277 g/mol. The number of hydrogen-bond acceptors (Lipinski definition) is 2. The molecule has 0 unspecified atom stereocenters. The molecule has 0 atom stereocenters. The second-order valence-corrected chi connectivity index (χ2v) is 4.38. The van der Waals surface area contributed by atoms with E-state index < -0.39 is 0 Å². The second kappa shape index (κ2) is 4.95. The number of imidazole rings is 1. The summed E-state index contributed by atoms with van der Waals surface area (Å²) in [6, 6.07) is 3.28. The van der Waals surface area contributed by atoms with Crippen molar-refractivity contribution in [2.45, 2.75) is 6.54 Å². The number of nitrogens with zero attached hydrogens (tertiary/aromatic N) is 1. The van der Waals surface area contributed by atoms with Crippen molar-refractivity contribution in [3.05, 3.63) is 45.4 Å². The van der Waals surface area contributed by atoms with Crippen LogP contribution >= 0.6 is 34.8 Å². The second-order valence-electron chi connectivity index (χ2n) is 3.13. The highest BCUT2D eigenvalue weighted by atomic mass is 35.5. The molecule has 0 bridgehead atoms. The van der Waals surface area contributed by atoms with E-state index in [1.165, 1.54) is 0 Å². The van der Waals surface area contributed by atoms with Gasteiger partial charge in [-0.05, 0) is 12.1 Å². The number of halogens is 3. The first-order chi connectivity index (χ1) is 7.66. The van der Waals surface area contributed by atoms with E-state index >= 15 is 0 Å². The van der Waals surface area contributed by atoms with Crippen LogP contribution in [0.2, 0.25) is 15.1 Å². The predicted octanol–water partition coefficient (Wildman–Crippen LogP) is 3.98. The molecule has 6 heteroatoms. The highest BCUT2D eigenvalue weighted by Gasteiger charge is 2.07. The monoisotopic (exact) mass is 275 g/mol. The van der Waals surface area contributed by atoms with Gasteiger partial charge < -0.3 is 10.3 Å². The number of nitrogens with one attached hydrogen (secondary N) is 2. The van der Waals surface area contributed by atoms with Gasteiger partial charge in [0.15, 0.2) is 0 Å². The van der Waals surface area contributed by atoms with Gasteiger partial charge in [-0.1, -0.05) is 34.8 Å². The molecule has 1 heterocycles. The Kier molecular flexibility index (Phi) is 3.59. The fourth-order valence-electron chi connectivity index (χ4n) is 1.28. The van der Waals surface area contributed by atoms with Crippen LogP contribution in [0.1, 0.15) is 5.82 Å². The number of benzene rings is 1. The predicted molar refractivity (Wildman–Crippen MR) is 67.4 cm³/mol. The number of anilines is 1. The van der Waals surface area contributed by atoms with Crippen LogP contribution in [-0.4, -0.2) is 9.97 Å². The van der Waals surface area contributed by atoms with E-state index in [1.807, 2.05) is 0 Å². The SMILES string of the molecule is Clc1cc(Cl)c(NCc2ncc[nH]2)c(Cl)c1. The Morgan fingerprint density at radius 2 is 1.88 bits per heavy atom. The lowest BCUT2D eigenvalue weighted by molar-refractivity contribution is 1.00. The first-order valence-corrected chi connectivity index (χ1v) is 5.67. The average Bonchev–Trinajstić information content (AvgIpc) is 2.68. The van der Waals surface area contributed by atoms with Crippen molar-refractivity contribution in [2.24, 2.45) is 0 Å². The van der Waals surface area contributed by atoms with Crippen LogP contribution in [0.3, 0.4) is 0 Å². The van der Waals surface area contributed by atoms with Crippen molar-refractivity contribution < 1.29 is 0 Å². The molecule has 0 saturated heterocycles. The first kappa shape index (κ1) is 11.6. The van der Waals surface area contributed by atoms with Crippen molar-refractivity contribution >= 4 is 40.5 Å². The van der Waals surface area contributed by atoms with E-state index in [4.69, 9.17) is 34.8 Å². The fourth-order valence-corrected chi connectivity index (χ4v) is 2.23. The third-order valence-corrected chi connectivity index (χ3v) is 2.81. The summed E-state index contributed by atoms with van der Waals surface area (Å²) in [5.41, 5.74) is 0.657. The molecule has 1 aromatic heterocycles. The Hall–Kier alpha value is -0.900. The molecule has 3 nitrogen and oxygen atoms in total. The van der Waals surface area contributed by atoms with Gasteiger partial charge in [0, 0.05) is 17.4 Å². The number of H-pyrrole nitrogens is 1. The van der Waals surface area contributed by atoms with Gasteiger partial charge in [-0.3, -0.25) is 0 Å². The number of aromatic nitrogens is 2. The molecule has 0 aliphatic carbocycles. The van der Waals surface area contributed by atoms with Crippen LogP contribution in [0.25, 0.3) is 0 Å². The zero-order valence-corrected chi connectivity index (χ0v) is 10.4. The standard InChI is InChI=1S/C10H8Cl3N3/c11-6-3-7(12)10(8(13)4-6)16-5-9-14-1-2-15-9/h1-4,16H,5H2,(H,14,15). The molecule has 0 saturated carbocycles. The lowest BCUT2D eigenvalue weighted by atomic mass is 10.3. The molecule has 0 radical (unpaired) electrons. The summed E-state index contributed by atoms with van der Waals surface area (Å²) in [4.78, 5) is 7.05. The molecule has 2 rings (SSSR count). The summed E-state index contributed by atoms with van der Waals surface area (Å²) in [6.45, 7) is 0.522. The summed E-state index contributed by atoms with van der Waals surface area (Å²) < 4.78 is 0. The molecule has 84 valence electrons. The van der Waals surface area contributed by atoms with Crippen LogP contribution in [0.15, 0.2) is 24.5 Å². The maximum Gasteiger partial charge on any atom is 0.125 e. The van der Waals surface area contributed by atoms with Crippen LogP contribution in [-0.2, 0) is 6.54 Å². The van der Waals surface area contributed by atoms with E-state index in [1.54, 1.807) is 24.5 Å². The molecule has 0 amide bonds. The highest BCUT2D eigenvalue weighted by Crippen LogP contribution is 2.33. The zero-order chi connectivity index (χ0) is 11.5. The van der Waals surface area contributed by atoms with E-state index in [-0.39, 0.29) is 0 Å². The summed E-state index contributed by atoms with van der Waals surface area (Å²) in [7, 11) is 0. The topological polar surface area (TPSA) is 40.7 Å². The Morgan fingerprint density at radius 1 is 1.19 bits per heavy atom. The molecule has 0 fully saturated rings. The lowest BCUT2D eigenvalue weighted by Crippen LogP contribution is -2.02. The van der Waals surface area contributed by atoms with Crippen LogP contribution in [0, 0.1) is 0 Å². The zero-order valence-electron chi connectivity index (χ0n) is 8.10. The molecular weight excluding hydrogens is 268 g/mol. The summed E-state index contributed by atoms with van der Waals surface area (Å²) in [5, 5.41) is 4.59. The highest BCUT2D eigenvalue weighted by molar-refractivity contribution is 6.41. The van der Waals surface area contributed by atoms with Gasteiger partial charge in [0.2, 0.25) is 0 Å². The van der Waals surface area contributed by atoms with Crippen molar-refractivity contribution in [1.82, 2.24) is 9.97 Å². The molecule has 1 aromatic carbocycles. The van der Waals surface area contributed by atoms with Gasteiger partial charge in [0.05, 0.1) is 22.3 Å². The summed E-state index contributed by atoms with van der Waals surface area (Å²) >= 11 is 17.8. The molecule has 16 heavy (non-hydrogen) atoms. The Balaban J connectivity index is 2.15. The number of hydrogen-bond donors (Lipinski definition) is 2. The minimum Gasteiger partial charge on any atom is -0.375 e. The van der Waals surface area contributed by atoms with Crippen LogP contribution in [0.5, 0.6) is 0 Å². The first-order valence-electron chi connectivity index (χ1n) is 4.53. The van der Waals surface area contributed by atoms with Crippen LogP contribution in [0.4, 0.5) is 5.69 Å². The molecule has 2 aromatic rings. The van der Waals surface area contributed by atoms with Crippen molar-refractivity contribution in [2.75, 3.05) is 5.32 Å². The summed E-state index contributed by atoms with van der Waals surface area (Å²) in [5.74, 6) is 0.807.